The molecular formula is C14H15F2NOS. The molecule has 1 aromatic carbocycles. The van der Waals surface area contributed by atoms with Gasteiger partial charge in [0.2, 0.25) is 0 Å². The summed E-state index contributed by atoms with van der Waals surface area (Å²) in [7, 11) is 0. The molecule has 2 rings (SSSR count). The number of hydrogen-bond acceptors (Lipinski definition) is 3. The fraction of sp³-hybridized carbons (Fsp3) is 0.286. The van der Waals surface area contributed by atoms with Crippen molar-refractivity contribution >= 4 is 11.3 Å². The number of alkyl halides is 2. The van der Waals surface area contributed by atoms with Crippen molar-refractivity contribution in [3.63, 3.8) is 0 Å². The van der Waals surface area contributed by atoms with Crippen molar-refractivity contribution in [1.29, 1.82) is 0 Å². The standard InChI is InChI=1S/C14H15F2NOS/c15-14(16)18-13-3-1-11(2-4-13)9-17-7-5-12-6-8-19-10-12/h1-4,6,8,10,14,17H,5,7,9H2. The molecule has 0 atom stereocenters. The van der Waals surface area contributed by atoms with Crippen LogP contribution >= 0.6 is 11.3 Å². The van der Waals surface area contributed by atoms with Crippen molar-refractivity contribution in [2.75, 3.05) is 6.54 Å². The number of thiophene rings is 1. The lowest BCUT2D eigenvalue weighted by Gasteiger charge is -2.07. The van der Waals surface area contributed by atoms with Gasteiger partial charge in [-0.15, -0.1) is 0 Å². The molecule has 1 N–H and O–H groups in total. The van der Waals surface area contributed by atoms with Crippen molar-refractivity contribution in [2.24, 2.45) is 0 Å². The van der Waals surface area contributed by atoms with Gasteiger partial charge in [-0.2, -0.15) is 20.1 Å². The highest BCUT2D eigenvalue weighted by Crippen LogP contribution is 2.14. The van der Waals surface area contributed by atoms with Crippen LogP contribution in [0.5, 0.6) is 5.75 Å². The van der Waals surface area contributed by atoms with Crippen molar-refractivity contribution in [3.8, 4) is 5.75 Å². The van der Waals surface area contributed by atoms with Crippen LogP contribution in [-0.2, 0) is 13.0 Å². The minimum atomic E-state index is -2.77. The first kappa shape index (κ1) is 14.0. The smallest absolute Gasteiger partial charge is 0.387 e. The first-order chi connectivity index (χ1) is 9.24. The maximum absolute atomic E-state index is 12.0. The fourth-order valence-corrected chi connectivity index (χ4v) is 2.39. The van der Waals surface area contributed by atoms with Crippen LogP contribution < -0.4 is 10.1 Å². The van der Waals surface area contributed by atoms with E-state index in [4.69, 9.17) is 0 Å². The maximum atomic E-state index is 12.0. The molecule has 0 saturated carbocycles. The number of nitrogens with one attached hydrogen (secondary N) is 1. The molecule has 0 saturated heterocycles. The lowest BCUT2D eigenvalue weighted by molar-refractivity contribution is -0.0498. The summed E-state index contributed by atoms with van der Waals surface area (Å²) in [5, 5.41) is 7.52. The molecule has 0 radical (unpaired) electrons. The van der Waals surface area contributed by atoms with E-state index in [9.17, 15) is 8.78 Å². The number of hydrogen-bond donors (Lipinski definition) is 1. The molecule has 0 bridgehead atoms. The van der Waals surface area contributed by atoms with E-state index in [2.05, 4.69) is 26.9 Å². The topological polar surface area (TPSA) is 21.3 Å². The molecular weight excluding hydrogens is 268 g/mol. The normalized spacial score (nSPS) is 10.9. The van der Waals surface area contributed by atoms with E-state index in [-0.39, 0.29) is 5.75 Å². The van der Waals surface area contributed by atoms with Gasteiger partial charge < -0.3 is 10.1 Å². The first-order valence-electron chi connectivity index (χ1n) is 5.99. The van der Waals surface area contributed by atoms with Crippen LogP contribution in [-0.4, -0.2) is 13.2 Å². The fourth-order valence-electron chi connectivity index (χ4n) is 1.69. The van der Waals surface area contributed by atoms with E-state index < -0.39 is 6.61 Å². The van der Waals surface area contributed by atoms with E-state index in [1.165, 1.54) is 5.56 Å². The van der Waals surface area contributed by atoms with Gasteiger partial charge in [0.05, 0.1) is 0 Å². The van der Waals surface area contributed by atoms with Crippen molar-refractivity contribution in [3.05, 3.63) is 52.2 Å². The Labute approximate surface area is 115 Å². The Bertz CT molecular complexity index is 471. The van der Waals surface area contributed by atoms with Gasteiger partial charge in [-0.25, -0.2) is 0 Å². The molecule has 2 aromatic rings. The van der Waals surface area contributed by atoms with E-state index in [0.29, 0.717) is 0 Å². The van der Waals surface area contributed by atoms with E-state index in [0.717, 1.165) is 25.1 Å². The molecule has 2 nitrogen and oxygen atoms in total. The Morgan fingerprint density at radius 3 is 2.53 bits per heavy atom. The predicted molar refractivity (Wildman–Crippen MR) is 72.8 cm³/mol. The van der Waals surface area contributed by atoms with Crippen LogP contribution in [0.1, 0.15) is 11.1 Å². The van der Waals surface area contributed by atoms with Crippen LogP contribution in [0.15, 0.2) is 41.1 Å². The third-order valence-electron chi connectivity index (χ3n) is 2.65. The summed E-state index contributed by atoms with van der Waals surface area (Å²) in [6.45, 7) is -1.15. The van der Waals surface area contributed by atoms with Crippen LogP contribution in [0.4, 0.5) is 8.78 Å². The number of rotatable bonds is 7. The number of benzene rings is 1. The van der Waals surface area contributed by atoms with Gasteiger partial charge in [-0.05, 0) is 53.1 Å². The summed E-state index contributed by atoms with van der Waals surface area (Å²) in [6, 6.07) is 8.80. The highest BCUT2D eigenvalue weighted by atomic mass is 32.1. The number of ether oxygens (including phenoxy) is 1. The van der Waals surface area contributed by atoms with Crippen LogP contribution in [0.3, 0.4) is 0 Å². The van der Waals surface area contributed by atoms with Crippen LogP contribution in [0.2, 0.25) is 0 Å². The molecule has 0 aliphatic carbocycles. The second-order valence-corrected chi connectivity index (χ2v) is 4.86. The summed E-state index contributed by atoms with van der Waals surface area (Å²) in [6.07, 6.45) is 0.996. The van der Waals surface area contributed by atoms with Gasteiger partial charge in [0, 0.05) is 6.54 Å². The quantitative estimate of drug-likeness (QED) is 0.783. The molecule has 5 heteroatoms. The van der Waals surface area contributed by atoms with Gasteiger partial charge in [0.25, 0.3) is 0 Å². The van der Waals surface area contributed by atoms with Gasteiger partial charge in [-0.3, -0.25) is 0 Å². The zero-order valence-corrected chi connectivity index (χ0v) is 11.1. The third-order valence-corrected chi connectivity index (χ3v) is 3.38. The Morgan fingerprint density at radius 1 is 1.11 bits per heavy atom. The van der Waals surface area contributed by atoms with Gasteiger partial charge >= 0.3 is 6.61 Å². The minimum Gasteiger partial charge on any atom is -0.435 e. The van der Waals surface area contributed by atoms with Crippen molar-refractivity contribution in [1.82, 2.24) is 5.32 Å². The Balaban J connectivity index is 1.71. The Hall–Kier alpha value is -1.46. The molecule has 102 valence electrons. The van der Waals surface area contributed by atoms with Crippen molar-refractivity contribution < 1.29 is 13.5 Å². The first-order valence-corrected chi connectivity index (χ1v) is 6.94. The molecule has 0 aliphatic rings. The third kappa shape index (κ3) is 4.96. The predicted octanol–water partition coefficient (Wildman–Crippen LogP) is 3.68. The molecule has 0 unspecified atom stereocenters. The van der Waals surface area contributed by atoms with E-state index in [1.54, 1.807) is 35.6 Å². The lowest BCUT2D eigenvalue weighted by atomic mass is 10.2. The monoisotopic (exact) mass is 283 g/mol. The highest BCUT2D eigenvalue weighted by Gasteiger charge is 2.03. The second kappa shape index (κ2) is 7.21. The summed E-state index contributed by atoms with van der Waals surface area (Å²) in [5.41, 5.74) is 2.38. The molecule has 0 amide bonds. The van der Waals surface area contributed by atoms with E-state index >= 15 is 0 Å². The van der Waals surface area contributed by atoms with Crippen LogP contribution in [0.25, 0.3) is 0 Å². The minimum absolute atomic E-state index is 0.192. The average molecular weight is 283 g/mol. The molecule has 0 fully saturated rings. The van der Waals surface area contributed by atoms with Gasteiger partial charge in [0.15, 0.2) is 0 Å². The van der Waals surface area contributed by atoms with Gasteiger partial charge in [0.1, 0.15) is 5.75 Å². The molecule has 0 spiro atoms. The maximum Gasteiger partial charge on any atom is 0.387 e. The Kier molecular flexibility index (Phi) is 5.30. The number of halogens is 2. The largest absolute Gasteiger partial charge is 0.435 e. The lowest BCUT2D eigenvalue weighted by Crippen LogP contribution is -2.16. The average Bonchev–Trinajstić information content (AvgIpc) is 2.89. The summed E-state index contributed by atoms with van der Waals surface area (Å²) in [5.74, 6) is 0.192. The van der Waals surface area contributed by atoms with Gasteiger partial charge in [-0.1, -0.05) is 12.1 Å². The zero-order valence-electron chi connectivity index (χ0n) is 10.3. The van der Waals surface area contributed by atoms with E-state index in [1.807, 2.05) is 0 Å². The Morgan fingerprint density at radius 2 is 1.89 bits per heavy atom. The molecule has 19 heavy (non-hydrogen) atoms. The summed E-state index contributed by atoms with van der Waals surface area (Å²) < 4.78 is 28.2. The molecule has 1 heterocycles. The SMILES string of the molecule is FC(F)Oc1ccc(CNCCc2ccsc2)cc1. The molecule has 0 aliphatic heterocycles. The summed E-state index contributed by atoms with van der Waals surface area (Å²) in [4.78, 5) is 0. The van der Waals surface area contributed by atoms with Crippen molar-refractivity contribution in [2.45, 2.75) is 19.6 Å². The zero-order chi connectivity index (χ0) is 13.5. The second-order valence-electron chi connectivity index (χ2n) is 4.08. The summed E-state index contributed by atoms with van der Waals surface area (Å²) >= 11 is 1.70. The highest BCUT2D eigenvalue weighted by molar-refractivity contribution is 7.07. The molecule has 1 aromatic heterocycles. The van der Waals surface area contributed by atoms with Crippen LogP contribution in [0, 0.1) is 0 Å².